The molecule has 92 heavy (non-hydrogen) atoms. The Hall–Kier alpha value is -3.06. The van der Waals surface area contributed by atoms with Crippen LogP contribution in [0.1, 0.15) is 202 Å². The van der Waals surface area contributed by atoms with Crippen LogP contribution >= 0.6 is 0 Å². The topological polar surface area (TPSA) is 304 Å². The number of alkyl carbamates (subject to hydrolysis) is 1. The molecule has 0 aromatic heterocycles. The van der Waals surface area contributed by atoms with Gasteiger partial charge in [-0.25, -0.2) is 4.79 Å². The van der Waals surface area contributed by atoms with Gasteiger partial charge < -0.3 is 89.3 Å². The SMILES string of the molecule is CC(C)CCC[C@@H](C)[C@H]1CC[C@H]2[C@@H]3CC=C4C[C@@H](OC(=O)NC(COCCC(=O)NCCCNCCCCNCCCN)(COCCC(=O)NCCCNCCCCNCCCN)COCCC(=O)NCCCNCCCCNCCCN)CC[C@]4(C)[C@H]3CC[C@]12C. The Kier molecular flexibility index (Phi) is 43.7. The maximum absolute atomic E-state index is 14.5. The third-order valence-corrected chi connectivity index (χ3v) is 20.6. The lowest BCUT2D eigenvalue weighted by molar-refractivity contribution is -0.122. The van der Waals surface area contributed by atoms with Crippen molar-refractivity contribution in [2.45, 2.75) is 213 Å². The van der Waals surface area contributed by atoms with Crippen molar-refractivity contribution in [2.24, 2.45) is 63.5 Å². The number of ether oxygens (including phenoxy) is 4. The Labute approximate surface area is 558 Å². The lowest BCUT2D eigenvalue weighted by Crippen LogP contribution is -2.59. The van der Waals surface area contributed by atoms with E-state index >= 15 is 0 Å². The minimum atomic E-state index is -1.29. The minimum Gasteiger partial charge on any atom is -0.446 e. The molecule has 0 unspecified atom stereocenters. The molecule has 21 nitrogen and oxygen atoms in total. The first kappa shape index (κ1) is 81.4. The highest BCUT2D eigenvalue weighted by molar-refractivity contribution is 5.76. The number of nitrogens with two attached hydrogens (primary N) is 3. The number of carbonyl (C=O) groups excluding carboxylic acids is 4. The van der Waals surface area contributed by atoms with Crippen LogP contribution in [0.4, 0.5) is 4.79 Å². The Bertz CT molecular complexity index is 1860. The molecule has 4 amide bonds. The monoisotopic (exact) mass is 1300 g/mol. The number of nitrogens with one attached hydrogen (secondary N) is 10. The quantitative estimate of drug-likeness (QED) is 0.0228. The standard InChI is InChI=1S/C71H139N13O8/c1-57(2)19-12-20-58(3)62-23-24-63-61-22-21-59-53-60(25-30-69(59,4)64(61)26-31-70(62,63)5)92-68(88)84-71(54-89-50-27-65(85)81-47-16-44-78-38-9-6-35-75-41-13-32-72,55-90-51-28-66(86)82-48-17-45-79-39-10-7-36-76-42-14-33-73)56-91-52-29-67(87)83-49-18-46-80-40-11-8-37-77-43-15-34-74/h21,57-58,60-64,75-80H,6-20,22-56,72-74H2,1-5H3,(H,81,85)(H,82,86)(H,83,87)(H,84,88)/t58-,60+,61+,62-,63+,64+,69+,70-/m1/s1. The predicted octanol–water partition coefficient (Wildman–Crippen LogP) is 6.52. The largest absolute Gasteiger partial charge is 0.446 e. The summed E-state index contributed by atoms with van der Waals surface area (Å²) in [5.74, 6) is 4.06. The summed E-state index contributed by atoms with van der Waals surface area (Å²) in [4.78, 5) is 53.8. The molecular weight excluding hydrogens is 1160 g/mol. The Morgan fingerprint density at radius 1 is 0.511 bits per heavy atom. The average molecular weight is 1300 g/mol. The van der Waals surface area contributed by atoms with E-state index in [1.807, 2.05) is 0 Å². The predicted molar refractivity (Wildman–Crippen MR) is 374 cm³/mol. The molecule has 0 saturated heterocycles. The van der Waals surface area contributed by atoms with Gasteiger partial charge in [0.1, 0.15) is 11.6 Å². The first-order chi connectivity index (χ1) is 44.7. The van der Waals surface area contributed by atoms with E-state index in [2.05, 4.69) is 93.9 Å². The highest BCUT2D eigenvalue weighted by Crippen LogP contribution is 2.67. The highest BCUT2D eigenvalue weighted by atomic mass is 16.6. The van der Waals surface area contributed by atoms with Crippen LogP contribution in [0.5, 0.6) is 0 Å². The molecule has 4 aliphatic rings. The Morgan fingerprint density at radius 3 is 1.36 bits per heavy atom. The van der Waals surface area contributed by atoms with Crippen LogP contribution in [0.3, 0.4) is 0 Å². The number of unbranched alkanes of at least 4 members (excludes halogenated alkanes) is 3. The van der Waals surface area contributed by atoms with E-state index in [9.17, 15) is 19.2 Å². The molecule has 0 heterocycles. The van der Waals surface area contributed by atoms with Gasteiger partial charge in [-0.15, -0.1) is 0 Å². The first-order valence-corrected chi connectivity index (χ1v) is 37.3. The van der Waals surface area contributed by atoms with Crippen LogP contribution in [0.15, 0.2) is 11.6 Å². The van der Waals surface area contributed by atoms with Gasteiger partial charge >= 0.3 is 6.09 Å². The third-order valence-electron chi connectivity index (χ3n) is 20.6. The van der Waals surface area contributed by atoms with Gasteiger partial charge in [0.2, 0.25) is 17.7 Å². The fourth-order valence-corrected chi connectivity index (χ4v) is 15.2. The summed E-state index contributed by atoms with van der Waals surface area (Å²) >= 11 is 0. The molecule has 0 aromatic carbocycles. The summed E-state index contributed by atoms with van der Waals surface area (Å²) in [5.41, 5.74) is 17.4. The number of allylic oxidation sites excluding steroid dienone is 1. The number of hydrogen-bond acceptors (Lipinski definition) is 17. The van der Waals surface area contributed by atoms with Gasteiger partial charge in [0.05, 0.1) is 39.6 Å². The van der Waals surface area contributed by atoms with Crippen molar-refractivity contribution in [1.29, 1.82) is 0 Å². The zero-order valence-electron chi connectivity index (χ0n) is 59.0. The Balaban J connectivity index is 1.37. The zero-order valence-corrected chi connectivity index (χ0v) is 59.0. The summed E-state index contributed by atoms with van der Waals surface area (Å²) in [6.45, 7) is 27.3. The van der Waals surface area contributed by atoms with Crippen molar-refractivity contribution in [3.63, 3.8) is 0 Å². The molecule has 4 aliphatic carbocycles. The van der Waals surface area contributed by atoms with Crippen LogP contribution in [-0.2, 0) is 33.3 Å². The van der Waals surface area contributed by atoms with Crippen molar-refractivity contribution in [2.75, 3.05) is 157 Å². The van der Waals surface area contributed by atoms with Gasteiger partial charge in [-0.1, -0.05) is 65.5 Å². The van der Waals surface area contributed by atoms with Crippen LogP contribution in [0.25, 0.3) is 0 Å². The van der Waals surface area contributed by atoms with Crippen LogP contribution < -0.4 is 70.4 Å². The van der Waals surface area contributed by atoms with Gasteiger partial charge in [-0.2, -0.15) is 0 Å². The normalized spacial score (nSPS) is 22.3. The van der Waals surface area contributed by atoms with E-state index in [1.165, 1.54) is 50.5 Å². The molecule has 0 radical (unpaired) electrons. The van der Waals surface area contributed by atoms with E-state index in [1.54, 1.807) is 0 Å². The molecule has 0 aliphatic heterocycles. The maximum atomic E-state index is 14.5. The first-order valence-electron chi connectivity index (χ1n) is 37.3. The lowest BCUT2D eigenvalue weighted by Gasteiger charge is -2.58. The second kappa shape index (κ2) is 49.4. The minimum absolute atomic E-state index is 0.0650. The van der Waals surface area contributed by atoms with Crippen molar-refractivity contribution in [3.8, 4) is 0 Å². The van der Waals surface area contributed by atoms with Crippen molar-refractivity contribution < 1.29 is 38.1 Å². The smallest absolute Gasteiger partial charge is 0.408 e. The van der Waals surface area contributed by atoms with Crippen molar-refractivity contribution in [3.05, 3.63) is 11.6 Å². The molecule has 8 atom stereocenters. The maximum Gasteiger partial charge on any atom is 0.408 e. The highest BCUT2D eigenvalue weighted by Gasteiger charge is 2.59. The third kappa shape index (κ3) is 32.8. The van der Waals surface area contributed by atoms with E-state index in [0.717, 1.165) is 199 Å². The van der Waals surface area contributed by atoms with E-state index in [4.69, 9.17) is 36.1 Å². The molecule has 0 spiro atoms. The van der Waals surface area contributed by atoms with Crippen LogP contribution in [-0.4, -0.2) is 193 Å². The average Bonchev–Trinajstić information content (AvgIpc) is 1.35. The van der Waals surface area contributed by atoms with Crippen LogP contribution in [0.2, 0.25) is 0 Å². The van der Waals surface area contributed by atoms with Crippen LogP contribution in [0, 0.1) is 46.3 Å². The molecule has 0 bridgehead atoms. The summed E-state index contributed by atoms with van der Waals surface area (Å²) in [6.07, 6.45) is 26.8. The molecule has 0 aromatic rings. The summed E-state index contributed by atoms with van der Waals surface area (Å²) < 4.78 is 25.3. The van der Waals surface area contributed by atoms with E-state index in [0.29, 0.717) is 62.9 Å². The zero-order chi connectivity index (χ0) is 66.4. The Morgan fingerprint density at radius 2 is 0.935 bits per heavy atom. The number of rotatable bonds is 58. The summed E-state index contributed by atoms with van der Waals surface area (Å²) in [5, 5.41) is 32.9. The van der Waals surface area contributed by atoms with Gasteiger partial charge in [0.25, 0.3) is 0 Å². The second-order valence-corrected chi connectivity index (χ2v) is 28.5. The van der Waals surface area contributed by atoms with Crippen molar-refractivity contribution in [1.82, 2.24) is 53.2 Å². The molecular formula is C71H139N13O8. The molecule has 16 N–H and O–H groups in total. The molecule has 3 fully saturated rings. The number of fused-ring (bicyclic) bond motifs is 5. The van der Waals surface area contributed by atoms with Gasteiger partial charge in [0, 0.05) is 45.3 Å². The number of hydrogen-bond donors (Lipinski definition) is 13. The fourth-order valence-electron chi connectivity index (χ4n) is 15.2. The molecule has 536 valence electrons. The van der Waals surface area contributed by atoms with E-state index in [-0.39, 0.29) is 88.1 Å². The number of amides is 4. The number of carbonyl (C=O) groups is 4. The van der Waals surface area contributed by atoms with Gasteiger partial charge in [0.15, 0.2) is 0 Å². The molecule has 21 heteroatoms. The second-order valence-electron chi connectivity index (χ2n) is 28.5. The van der Waals surface area contributed by atoms with Gasteiger partial charge in [-0.3, -0.25) is 14.4 Å². The lowest BCUT2D eigenvalue weighted by atomic mass is 9.47. The summed E-state index contributed by atoms with van der Waals surface area (Å²) in [7, 11) is 0. The summed E-state index contributed by atoms with van der Waals surface area (Å²) in [6, 6.07) is 0. The molecule has 4 rings (SSSR count). The van der Waals surface area contributed by atoms with Gasteiger partial charge in [-0.05, 0) is 267 Å². The van der Waals surface area contributed by atoms with Crippen molar-refractivity contribution >= 4 is 23.8 Å². The molecule has 3 saturated carbocycles. The van der Waals surface area contributed by atoms with E-state index < -0.39 is 11.6 Å². The fraction of sp³-hybridized carbons (Fsp3) is 0.915.